The molecule has 0 saturated carbocycles. The van der Waals surface area contributed by atoms with Crippen LogP contribution in [0.15, 0.2) is 36.5 Å². The minimum atomic E-state index is -0.572. The van der Waals surface area contributed by atoms with Gasteiger partial charge in [-0.1, -0.05) is 12.1 Å². The fourth-order valence-corrected chi connectivity index (χ4v) is 1.78. The summed E-state index contributed by atoms with van der Waals surface area (Å²) in [5, 5.41) is 0. The van der Waals surface area contributed by atoms with Crippen LogP contribution in [0.3, 0.4) is 0 Å². The molecule has 0 unspecified atom stereocenters. The van der Waals surface area contributed by atoms with Gasteiger partial charge in [0.05, 0.1) is 5.56 Å². The van der Waals surface area contributed by atoms with E-state index >= 15 is 0 Å². The van der Waals surface area contributed by atoms with Crippen LogP contribution in [0.5, 0.6) is 0 Å². The minimum Gasteiger partial charge on any atom is -0.383 e. The quantitative estimate of drug-likeness (QED) is 0.871. The van der Waals surface area contributed by atoms with Gasteiger partial charge in [-0.25, -0.2) is 4.98 Å². The van der Waals surface area contributed by atoms with Gasteiger partial charge in [-0.3, -0.25) is 4.79 Å². The van der Waals surface area contributed by atoms with E-state index in [1.165, 1.54) is 0 Å². The van der Waals surface area contributed by atoms with Gasteiger partial charge >= 0.3 is 0 Å². The highest BCUT2D eigenvalue weighted by molar-refractivity contribution is 5.98. The molecule has 0 atom stereocenters. The lowest BCUT2D eigenvalue weighted by molar-refractivity contribution is 0.100. The number of benzene rings is 1. The highest BCUT2D eigenvalue weighted by Crippen LogP contribution is 2.24. The number of carbonyl (C=O) groups is 1. The maximum Gasteiger partial charge on any atom is 0.252 e. The molecule has 0 fully saturated rings. The number of primary amides is 1. The molecule has 1 aromatic heterocycles. The number of hydrogen-bond donors (Lipinski definition) is 2. The summed E-state index contributed by atoms with van der Waals surface area (Å²) in [6, 6.07) is 9.58. The predicted molar refractivity (Wildman–Crippen MR) is 76.9 cm³/mol. The van der Waals surface area contributed by atoms with E-state index in [-0.39, 0.29) is 11.4 Å². The van der Waals surface area contributed by atoms with E-state index in [4.69, 9.17) is 11.5 Å². The fourth-order valence-electron chi connectivity index (χ4n) is 1.78. The number of rotatable bonds is 3. The predicted octanol–water partition coefficient (Wildman–Crippen LogP) is 1.50. The van der Waals surface area contributed by atoms with E-state index in [1.807, 2.05) is 43.3 Å². The van der Waals surface area contributed by atoms with Gasteiger partial charge in [0.25, 0.3) is 5.91 Å². The monoisotopic (exact) mass is 256 g/mol. The Morgan fingerprint density at radius 1 is 1.16 bits per heavy atom. The van der Waals surface area contributed by atoms with Crippen LogP contribution in [0.1, 0.15) is 10.4 Å². The van der Waals surface area contributed by atoms with Crippen molar-refractivity contribution >= 4 is 17.4 Å². The van der Waals surface area contributed by atoms with Crippen molar-refractivity contribution in [2.45, 2.75) is 0 Å². The smallest absolute Gasteiger partial charge is 0.252 e. The third kappa shape index (κ3) is 2.65. The molecule has 2 aromatic rings. The van der Waals surface area contributed by atoms with Crippen molar-refractivity contribution in [1.82, 2.24) is 4.98 Å². The molecule has 1 heterocycles. The van der Waals surface area contributed by atoms with Crippen molar-refractivity contribution in [2.24, 2.45) is 5.73 Å². The van der Waals surface area contributed by atoms with Crippen LogP contribution in [0, 0.1) is 0 Å². The minimum absolute atomic E-state index is 0.154. The molecule has 0 aliphatic carbocycles. The summed E-state index contributed by atoms with van der Waals surface area (Å²) >= 11 is 0. The Morgan fingerprint density at radius 3 is 2.32 bits per heavy atom. The third-order valence-corrected chi connectivity index (χ3v) is 2.90. The molecule has 98 valence electrons. The Balaban J connectivity index is 2.41. The van der Waals surface area contributed by atoms with Gasteiger partial charge in [-0.2, -0.15) is 0 Å². The topological polar surface area (TPSA) is 85.2 Å². The Bertz CT molecular complexity index is 605. The average Bonchev–Trinajstić information content (AvgIpc) is 2.39. The van der Waals surface area contributed by atoms with Gasteiger partial charge < -0.3 is 16.4 Å². The second-order valence-corrected chi connectivity index (χ2v) is 4.46. The zero-order chi connectivity index (χ0) is 14.0. The Labute approximate surface area is 111 Å². The van der Waals surface area contributed by atoms with E-state index in [9.17, 15) is 4.79 Å². The summed E-state index contributed by atoms with van der Waals surface area (Å²) in [7, 11) is 3.95. The van der Waals surface area contributed by atoms with Gasteiger partial charge in [0.1, 0.15) is 5.82 Å². The SMILES string of the molecule is CN(C)c1ccc(-c2cnc(N)c(C(N)=O)c2)cc1. The van der Waals surface area contributed by atoms with Crippen molar-refractivity contribution in [1.29, 1.82) is 0 Å². The van der Waals surface area contributed by atoms with Crippen LogP contribution < -0.4 is 16.4 Å². The van der Waals surface area contributed by atoms with E-state index < -0.39 is 5.91 Å². The molecule has 0 spiro atoms. The molecule has 0 saturated heterocycles. The van der Waals surface area contributed by atoms with Crippen LogP contribution in [0.4, 0.5) is 11.5 Å². The zero-order valence-corrected chi connectivity index (χ0v) is 10.9. The number of hydrogen-bond acceptors (Lipinski definition) is 4. The number of amides is 1. The van der Waals surface area contributed by atoms with Gasteiger partial charge in [0.2, 0.25) is 0 Å². The molecule has 0 bridgehead atoms. The first kappa shape index (κ1) is 12.9. The maximum absolute atomic E-state index is 11.2. The maximum atomic E-state index is 11.2. The summed E-state index contributed by atoms with van der Waals surface area (Å²) in [5.41, 5.74) is 14.0. The number of nitrogens with two attached hydrogens (primary N) is 2. The number of nitrogens with zero attached hydrogens (tertiary/aromatic N) is 2. The normalized spacial score (nSPS) is 10.2. The van der Waals surface area contributed by atoms with Crippen molar-refractivity contribution in [3.8, 4) is 11.1 Å². The summed E-state index contributed by atoms with van der Waals surface area (Å²) < 4.78 is 0. The first-order valence-corrected chi connectivity index (χ1v) is 5.82. The second kappa shape index (κ2) is 4.97. The summed E-state index contributed by atoms with van der Waals surface area (Å²) in [5.74, 6) is -0.419. The molecule has 5 nitrogen and oxygen atoms in total. The molecule has 0 aliphatic rings. The number of aromatic nitrogens is 1. The largest absolute Gasteiger partial charge is 0.383 e. The molecule has 1 amide bonds. The highest BCUT2D eigenvalue weighted by atomic mass is 16.1. The third-order valence-electron chi connectivity index (χ3n) is 2.90. The lowest BCUT2D eigenvalue weighted by Crippen LogP contribution is -2.14. The molecular weight excluding hydrogens is 240 g/mol. The molecule has 2 rings (SSSR count). The second-order valence-electron chi connectivity index (χ2n) is 4.46. The molecule has 5 heteroatoms. The number of carbonyl (C=O) groups excluding carboxylic acids is 1. The summed E-state index contributed by atoms with van der Waals surface area (Å²) in [6.45, 7) is 0. The van der Waals surface area contributed by atoms with E-state index in [0.717, 1.165) is 16.8 Å². The van der Waals surface area contributed by atoms with E-state index in [2.05, 4.69) is 4.98 Å². The van der Waals surface area contributed by atoms with Gasteiger partial charge in [0, 0.05) is 31.5 Å². The average molecular weight is 256 g/mol. The Hall–Kier alpha value is -2.56. The fraction of sp³-hybridized carbons (Fsp3) is 0.143. The van der Waals surface area contributed by atoms with E-state index in [1.54, 1.807) is 12.3 Å². The summed E-state index contributed by atoms with van der Waals surface area (Å²) in [4.78, 5) is 17.3. The standard InChI is InChI=1S/C14H16N4O/c1-18(2)11-5-3-9(4-6-11)10-7-12(14(16)19)13(15)17-8-10/h3-8H,1-2H3,(H2,15,17)(H2,16,19). The van der Waals surface area contributed by atoms with E-state index in [0.29, 0.717) is 0 Å². The number of nitrogen functional groups attached to an aromatic ring is 1. The molecule has 0 aliphatic heterocycles. The van der Waals surface area contributed by atoms with Crippen LogP contribution in [0.2, 0.25) is 0 Å². The Kier molecular flexibility index (Phi) is 3.37. The van der Waals surface area contributed by atoms with Gasteiger partial charge in [0.15, 0.2) is 0 Å². The van der Waals surface area contributed by atoms with Crippen LogP contribution in [-0.4, -0.2) is 25.0 Å². The molecule has 1 aromatic carbocycles. The van der Waals surface area contributed by atoms with Crippen LogP contribution >= 0.6 is 0 Å². The summed E-state index contributed by atoms with van der Waals surface area (Å²) in [6.07, 6.45) is 1.63. The lowest BCUT2D eigenvalue weighted by atomic mass is 10.0. The molecular formula is C14H16N4O. The van der Waals surface area contributed by atoms with Gasteiger partial charge in [-0.05, 0) is 23.8 Å². The van der Waals surface area contributed by atoms with Crippen LogP contribution in [0.25, 0.3) is 11.1 Å². The van der Waals surface area contributed by atoms with Crippen molar-refractivity contribution in [3.05, 3.63) is 42.1 Å². The number of anilines is 2. The van der Waals surface area contributed by atoms with Crippen molar-refractivity contribution in [2.75, 3.05) is 24.7 Å². The highest BCUT2D eigenvalue weighted by Gasteiger charge is 2.09. The first-order chi connectivity index (χ1) is 8.99. The first-order valence-electron chi connectivity index (χ1n) is 5.82. The van der Waals surface area contributed by atoms with Crippen LogP contribution in [-0.2, 0) is 0 Å². The van der Waals surface area contributed by atoms with Crippen molar-refractivity contribution in [3.63, 3.8) is 0 Å². The van der Waals surface area contributed by atoms with Crippen molar-refractivity contribution < 1.29 is 4.79 Å². The Morgan fingerprint density at radius 2 is 1.79 bits per heavy atom. The number of pyridine rings is 1. The van der Waals surface area contributed by atoms with Gasteiger partial charge in [-0.15, -0.1) is 0 Å². The zero-order valence-electron chi connectivity index (χ0n) is 10.9. The molecule has 19 heavy (non-hydrogen) atoms. The lowest BCUT2D eigenvalue weighted by Gasteiger charge is -2.13. The molecule has 4 N–H and O–H groups in total. The molecule has 0 radical (unpaired) electrons.